The second-order valence-electron chi connectivity index (χ2n) is 5.35. The highest BCUT2D eigenvalue weighted by Gasteiger charge is 2.22. The first-order valence-electron chi connectivity index (χ1n) is 6.73. The Kier molecular flexibility index (Phi) is 6.29. The Hall–Kier alpha value is -0.933. The molecule has 100 valence electrons. The van der Waals surface area contributed by atoms with Gasteiger partial charge in [0.15, 0.2) is 14.1 Å². The van der Waals surface area contributed by atoms with Gasteiger partial charge in [0.25, 0.3) is 0 Å². The third-order valence-corrected chi connectivity index (χ3v) is 5.48. The van der Waals surface area contributed by atoms with Gasteiger partial charge in [0.1, 0.15) is 0 Å². The third kappa shape index (κ3) is 6.12. The van der Waals surface area contributed by atoms with E-state index >= 15 is 0 Å². The summed E-state index contributed by atoms with van der Waals surface area (Å²) < 4.78 is 5.85. The van der Waals surface area contributed by atoms with Gasteiger partial charge in [0, 0.05) is 6.42 Å². The Balaban J connectivity index is 2.33. The van der Waals surface area contributed by atoms with Crippen LogP contribution in [0.3, 0.4) is 0 Å². The van der Waals surface area contributed by atoms with E-state index in [1.807, 2.05) is 30.3 Å². The van der Waals surface area contributed by atoms with Gasteiger partial charge in [-0.05, 0) is 24.7 Å². The van der Waals surface area contributed by atoms with E-state index in [2.05, 4.69) is 20.0 Å². The van der Waals surface area contributed by atoms with Crippen molar-refractivity contribution in [3.63, 3.8) is 0 Å². The van der Waals surface area contributed by atoms with Crippen LogP contribution in [0, 0.1) is 0 Å². The first kappa shape index (κ1) is 15.1. The number of Topliss-reactive ketones (excluding diaryl/α,β-unsaturated/α-hetero) is 1. The minimum Gasteiger partial charge on any atom is -0.410 e. The Morgan fingerprint density at radius 1 is 1.22 bits per heavy atom. The van der Waals surface area contributed by atoms with E-state index in [0.717, 1.165) is 11.6 Å². The summed E-state index contributed by atoms with van der Waals surface area (Å²) in [6.07, 6.45) is 2.88. The Labute approximate surface area is 111 Å². The summed E-state index contributed by atoms with van der Waals surface area (Å²) in [5, 5.41) is 0. The zero-order valence-electron chi connectivity index (χ0n) is 11.7. The first-order valence-corrected chi connectivity index (χ1v) is 9.84. The smallest absolute Gasteiger partial charge is 0.187 e. The zero-order valence-corrected chi connectivity index (χ0v) is 12.7. The number of carbonyl (C=O) groups excluding carboxylic acids is 1. The lowest BCUT2D eigenvalue weighted by Gasteiger charge is -2.22. The van der Waals surface area contributed by atoms with Gasteiger partial charge in [-0.2, -0.15) is 0 Å². The molecule has 0 fully saturated rings. The van der Waals surface area contributed by atoms with Crippen molar-refractivity contribution in [1.82, 2.24) is 0 Å². The normalized spacial score (nSPS) is 11.5. The van der Waals surface area contributed by atoms with Gasteiger partial charge in [-0.25, -0.2) is 0 Å². The van der Waals surface area contributed by atoms with Gasteiger partial charge >= 0.3 is 0 Å². The lowest BCUT2D eigenvalue weighted by atomic mass is 10.1. The monoisotopic (exact) mass is 264 g/mol. The summed E-state index contributed by atoms with van der Waals surface area (Å²) in [7, 11) is -1.63. The molecule has 1 rings (SSSR count). The van der Waals surface area contributed by atoms with E-state index in [0.29, 0.717) is 6.42 Å². The predicted octanol–water partition coefficient (Wildman–Crippen LogP) is 3.82. The number of rotatable bonds is 8. The Morgan fingerprint density at radius 2 is 1.89 bits per heavy atom. The van der Waals surface area contributed by atoms with Gasteiger partial charge in [0.2, 0.25) is 0 Å². The molecule has 0 bridgehead atoms. The SMILES string of the molecule is CCCC[Si](C)(C)OCC(=O)Cc1ccccc1. The Bertz CT molecular complexity index is 360. The molecule has 0 atom stereocenters. The number of hydrogen-bond acceptors (Lipinski definition) is 2. The standard InChI is InChI=1S/C15H24O2Si/c1-4-5-11-18(2,3)17-13-15(16)12-14-9-7-6-8-10-14/h6-10H,4-5,11-13H2,1-3H3. The molecule has 0 unspecified atom stereocenters. The molecule has 18 heavy (non-hydrogen) atoms. The molecule has 0 aliphatic heterocycles. The highest BCUT2D eigenvalue weighted by molar-refractivity contribution is 6.71. The second-order valence-corrected chi connectivity index (χ2v) is 9.66. The minimum absolute atomic E-state index is 0.179. The van der Waals surface area contributed by atoms with E-state index in [1.165, 1.54) is 12.8 Å². The lowest BCUT2D eigenvalue weighted by molar-refractivity contribution is -0.120. The molecular weight excluding hydrogens is 240 g/mol. The van der Waals surface area contributed by atoms with E-state index in [-0.39, 0.29) is 12.4 Å². The molecule has 0 N–H and O–H groups in total. The van der Waals surface area contributed by atoms with Crippen molar-refractivity contribution in [2.24, 2.45) is 0 Å². The van der Waals surface area contributed by atoms with Crippen molar-refractivity contribution in [2.45, 2.75) is 45.3 Å². The van der Waals surface area contributed by atoms with Crippen LogP contribution in [0.15, 0.2) is 30.3 Å². The van der Waals surface area contributed by atoms with Crippen molar-refractivity contribution in [1.29, 1.82) is 0 Å². The molecule has 0 spiro atoms. The topological polar surface area (TPSA) is 26.3 Å². The molecule has 0 amide bonds. The predicted molar refractivity (Wildman–Crippen MR) is 78.3 cm³/mol. The largest absolute Gasteiger partial charge is 0.410 e. The summed E-state index contributed by atoms with van der Waals surface area (Å²) in [6, 6.07) is 11.0. The fraction of sp³-hybridized carbons (Fsp3) is 0.533. The van der Waals surface area contributed by atoms with Crippen LogP contribution in [-0.4, -0.2) is 20.7 Å². The van der Waals surface area contributed by atoms with Crippen molar-refractivity contribution in [3.05, 3.63) is 35.9 Å². The lowest BCUT2D eigenvalue weighted by Crippen LogP contribution is -2.32. The second kappa shape index (κ2) is 7.49. The van der Waals surface area contributed by atoms with Crippen LogP contribution >= 0.6 is 0 Å². The highest BCUT2D eigenvalue weighted by Crippen LogP contribution is 2.15. The molecule has 0 heterocycles. The summed E-state index contributed by atoms with van der Waals surface area (Å²) in [4.78, 5) is 11.8. The average Bonchev–Trinajstić information content (AvgIpc) is 2.36. The maximum absolute atomic E-state index is 11.8. The van der Waals surface area contributed by atoms with E-state index in [4.69, 9.17) is 4.43 Å². The van der Waals surface area contributed by atoms with E-state index in [9.17, 15) is 4.79 Å². The molecule has 3 heteroatoms. The van der Waals surface area contributed by atoms with Crippen LogP contribution in [0.25, 0.3) is 0 Å². The molecular formula is C15H24O2Si. The maximum atomic E-state index is 11.8. The van der Waals surface area contributed by atoms with Gasteiger partial charge in [-0.1, -0.05) is 50.1 Å². The molecule has 0 saturated carbocycles. The average molecular weight is 264 g/mol. The van der Waals surface area contributed by atoms with E-state index < -0.39 is 8.32 Å². The Morgan fingerprint density at radius 3 is 2.50 bits per heavy atom. The summed E-state index contributed by atoms with van der Waals surface area (Å²) in [6.45, 7) is 6.85. The third-order valence-electron chi connectivity index (χ3n) is 3.00. The maximum Gasteiger partial charge on any atom is 0.187 e. The summed E-state index contributed by atoms with van der Waals surface area (Å²) >= 11 is 0. The van der Waals surface area contributed by atoms with Crippen LogP contribution in [0.4, 0.5) is 0 Å². The summed E-state index contributed by atoms with van der Waals surface area (Å²) in [5.41, 5.74) is 1.07. The van der Waals surface area contributed by atoms with E-state index in [1.54, 1.807) is 0 Å². The fourth-order valence-electron chi connectivity index (χ4n) is 1.83. The van der Waals surface area contributed by atoms with Crippen LogP contribution < -0.4 is 0 Å². The van der Waals surface area contributed by atoms with Crippen LogP contribution in [-0.2, 0) is 15.6 Å². The van der Waals surface area contributed by atoms with Crippen molar-refractivity contribution >= 4 is 14.1 Å². The minimum atomic E-state index is -1.63. The number of ketones is 1. The quantitative estimate of drug-likeness (QED) is 0.667. The van der Waals surface area contributed by atoms with Gasteiger partial charge in [-0.15, -0.1) is 0 Å². The molecule has 1 aromatic carbocycles. The molecule has 0 radical (unpaired) electrons. The first-order chi connectivity index (χ1) is 8.53. The molecule has 0 aromatic heterocycles. The molecule has 0 aliphatic rings. The number of benzene rings is 1. The van der Waals surface area contributed by atoms with Crippen LogP contribution in [0.1, 0.15) is 25.3 Å². The number of carbonyl (C=O) groups is 1. The molecule has 0 aliphatic carbocycles. The van der Waals surface area contributed by atoms with Crippen molar-refractivity contribution < 1.29 is 9.22 Å². The highest BCUT2D eigenvalue weighted by atomic mass is 28.4. The van der Waals surface area contributed by atoms with Crippen molar-refractivity contribution in [2.75, 3.05) is 6.61 Å². The molecule has 1 aromatic rings. The fourth-order valence-corrected chi connectivity index (χ4v) is 3.73. The molecule has 0 saturated heterocycles. The zero-order chi connectivity index (χ0) is 13.4. The summed E-state index contributed by atoms with van der Waals surface area (Å²) in [5.74, 6) is 0.179. The van der Waals surface area contributed by atoms with Gasteiger partial charge < -0.3 is 4.43 Å². The van der Waals surface area contributed by atoms with Crippen molar-refractivity contribution in [3.8, 4) is 0 Å². The van der Waals surface area contributed by atoms with Crippen LogP contribution in [0.5, 0.6) is 0 Å². The van der Waals surface area contributed by atoms with Crippen LogP contribution in [0.2, 0.25) is 19.1 Å². The van der Waals surface area contributed by atoms with Gasteiger partial charge in [-0.3, -0.25) is 4.79 Å². The number of unbranched alkanes of at least 4 members (excludes halogenated alkanes) is 1. The molecule has 2 nitrogen and oxygen atoms in total. The van der Waals surface area contributed by atoms with Gasteiger partial charge in [0.05, 0.1) is 6.61 Å². The number of hydrogen-bond donors (Lipinski definition) is 0.